The van der Waals surface area contributed by atoms with Gasteiger partial charge in [0.05, 0.1) is 23.9 Å². The monoisotopic (exact) mass is 364 g/mol. The Kier molecular flexibility index (Phi) is 6.21. The molecule has 1 heterocycles. The Morgan fingerprint density at radius 1 is 1.23 bits per heavy atom. The highest BCUT2D eigenvalue weighted by atomic mass is 79.9. The highest BCUT2D eigenvalue weighted by Gasteiger charge is 2.11. The van der Waals surface area contributed by atoms with Crippen LogP contribution in [0.2, 0.25) is 0 Å². The molecule has 1 aromatic heterocycles. The van der Waals surface area contributed by atoms with Crippen molar-refractivity contribution < 1.29 is 9.47 Å². The minimum Gasteiger partial charge on any atom is -0.493 e. The molecule has 1 aromatic carbocycles. The van der Waals surface area contributed by atoms with E-state index in [1.807, 2.05) is 44.2 Å². The van der Waals surface area contributed by atoms with E-state index < -0.39 is 0 Å². The lowest BCUT2D eigenvalue weighted by Crippen LogP contribution is -2.14. The standard InChI is InChI=1S/C17H21BrN2O2/c1-4-22-17-15(18)8-13(9-16(17)21-3)10-19-11-14-7-5-6-12(2)20-14/h5-9,19H,4,10-11H2,1-3H3. The van der Waals surface area contributed by atoms with Crippen molar-refractivity contribution in [1.29, 1.82) is 0 Å². The Labute approximate surface area is 140 Å². The normalized spacial score (nSPS) is 10.5. The average Bonchev–Trinajstić information content (AvgIpc) is 2.50. The van der Waals surface area contributed by atoms with Crippen LogP contribution >= 0.6 is 15.9 Å². The number of aromatic nitrogens is 1. The molecule has 1 N–H and O–H groups in total. The summed E-state index contributed by atoms with van der Waals surface area (Å²) in [6, 6.07) is 10.1. The fourth-order valence-corrected chi connectivity index (χ4v) is 2.80. The first kappa shape index (κ1) is 16.8. The average molecular weight is 365 g/mol. The van der Waals surface area contributed by atoms with Crippen LogP contribution in [-0.4, -0.2) is 18.7 Å². The Bertz CT molecular complexity index is 632. The minimum atomic E-state index is 0.603. The van der Waals surface area contributed by atoms with Gasteiger partial charge in [0.25, 0.3) is 0 Å². The predicted molar refractivity (Wildman–Crippen MR) is 91.4 cm³/mol. The van der Waals surface area contributed by atoms with Crippen LogP contribution in [0.5, 0.6) is 11.5 Å². The van der Waals surface area contributed by atoms with Gasteiger partial charge in [-0.15, -0.1) is 0 Å². The predicted octanol–water partition coefficient (Wildman–Crippen LogP) is 3.85. The Morgan fingerprint density at radius 2 is 2.05 bits per heavy atom. The third-order valence-corrected chi connectivity index (χ3v) is 3.75. The molecule has 5 heteroatoms. The number of rotatable bonds is 7. The highest BCUT2D eigenvalue weighted by Crippen LogP contribution is 2.36. The van der Waals surface area contributed by atoms with Gasteiger partial charge in [-0.1, -0.05) is 6.07 Å². The second-order valence-electron chi connectivity index (χ2n) is 4.92. The van der Waals surface area contributed by atoms with E-state index in [9.17, 15) is 0 Å². The first-order chi connectivity index (χ1) is 10.6. The quantitative estimate of drug-likeness (QED) is 0.810. The largest absolute Gasteiger partial charge is 0.493 e. The van der Waals surface area contributed by atoms with Crippen LogP contribution in [0.15, 0.2) is 34.8 Å². The molecular formula is C17H21BrN2O2. The molecule has 0 aliphatic heterocycles. The molecule has 118 valence electrons. The van der Waals surface area contributed by atoms with E-state index >= 15 is 0 Å². The Balaban J connectivity index is 2.02. The minimum absolute atomic E-state index is 0.603. The molecule has 0 bridgehead atoms. The third kappa shape index (κ3) is 4.45. The van der Waals surface area contributed by atoms with Crippen molar-refractivity contribution in [3.05, 3.63) is 51.8 Å². The van der Waals surface area contributed by atoms with E-state index in [1.165, 1.54) is 0 Å². The van der Waals surface area contributed by atoms with Gasteiger partial charge in [0.2, 0.25) is 0 Å². The number of aryl methyl sites for hydroxylation is 1. The summed E-state index contributed by atoms with van der Waals surface area (Å²) < 4.78 is 11.9. The van der Waals surface area contributed by atoms with Gasteiger partial charge >= 0.3 is 0 Å². The molecular weight excluding hydrogens is 344 g/mol. The van der Waals surface area contributed by atoms with Crippen molar-refractivity contribution in [3.63, 3.8) is 0 Å². The zero-order valence-electron chi connectivity index (χ0n) is 13.1. The maximum atomic E-state index is 5.60. The summed E-state index contributed by atoms with van der Waals surface area (Å²) in [5.41, 5.74) is 3.20. The van der Waals surface area contributed by atoms with Gasteiger partial charge in [0, 0.05) is 18.8 Å². The molecule has 0 saturated heterocycles. The van der Waals surface area contributed by atoms with Crippen LogP contribution in [0.4, 0.5) is 0 Å². The number of benzene rings is 1. The molecule has 0 radical (unpaired) electrons. The summed E-state index contributed by atoms with van der Waals surface area (Å²) in [5.74, 6) is 1.48. The van der Waals surface area contributed by atoms with Gasteiger partial charge in [-0.05, 0) is 59.6 Å². The number of hydrogen-bond donors (Lipinski definition) is 1. The van der Waals surface area contributed by atoms with E-state index in [0.717, 1.165) is 46.0 Å². The van der Waals surface area contributed by atoms with Crippen LogP contribution < -0.4 is 14.8 Å². The molecule has 0 unspecified atom stereocenters. The molecule has 0 fully saturated rings. The number of hydrogen-bond acceptors (Lipinski definition) is 4. The fourth-order valence-electron chi connectivity index (χ4n) is 2.19. The molecule has 0 saturated carbocycles. The number of halogens is 1. The summed E-state index contributed by atoms with van der Waals surface area (Å²) in [6.07, 6.45) is 0. The van der Waals surface area contributed by atoms with E-state index in [4.69, 9.17) is 9.47 Å². The van der Waals surface area contributed by atoms with E-state index in [1.54, 1.807) is 7.11 Å². The molecule has 22 heavy (non-hydrogen) atoms. The first-order valence-corrected chi connectivity index (χ1v) is 8.05. The van der Waals surface area contributed by atoms with E-state index in [2.05, 4.69) is 26.2 Å². The summed E-state index contributed by atoms with van der Waals surface area (Å²) in [7, 11) is 1.65. The highest BCUT2D eigenvalue weighted by molar-refractivity contribution is 9.10. The van der Waals surface area contributed by atoms with Gasteiger partial charge in [-0.3, -0.25) is 4.98 Å². The van der Waals surface area contributed by atoms with Gasteiger partial charge in [-0.25, -0.2) is 0 Å². The maximum Gasteiger partial charge on any atom is 0.175 e. The topological polar surface area (TPSA) is 43.4 Å². The van der Waals surface area contributed by atoms with Crippen molar-refractivity contribution in [2.45, 2.75) is 26.9 Å². The van der Waals surface area contributed by atoms with Gasteiger partial charge in [0.15, 0.2) is 11.5 Å². The number of pyridine rings is 1. The lowest BCUT2D eigenvalue weighted by molar-refractivity contribution is 0.308. The number of nitrogens with one attached hydrogen (secondary N) is 1. The molecule has 2 aromatic rings. The molecule has 0 atom stereocenters. The summed E-state index contributed by atoms with van der Waals surface area (Å²) in [6.45, 7) is 6.02. The van der Waals surface area contributed by atoms with Crippen molar-refractivity contribution >= 4 is 15.9 Å². The van der Waals surface area contributed by atoms with Gasteiger partial charge in [-0.2, -0.15) is 0 Å². The number of nitrogens with zero attached hydrogens (tertiary/aromatic N) is 1. The SMILES string of the molecule is CCOc1c(Br)cc(CNCc2cccc(C)n2)cc1OC. The lowest BCUT2D eigenvalue weighted by atomic mass is 10.2. The number of methoxy groups -OCH3 is 1. The maximum absolute atomic E-state index is 5.60. The van der Waals surface area contributed by atoms with Gasteiger partial charge < -0.3 is 14.8 Å². The molecule has 2 rings (SSSR count). The van der Waals surface area contributed by atoms with Crippen LogP contribution in [0.3, 0.4) is 0 Å². The Hall–Kier alpha value is -1.59. The number of ether oxygens (including phenoxy) is 2. The molecule has 0 aliphatic carbocycles. The fraction of sp³-hybridized carbons (Fsp3) is 0.353. The van der Waals surface area contributed by atoms with Crippen LogP contribution in [-0.2, 0) is 13.1 Å². The Morgan fingerprint density at radius 3 is 2.73 bits per heavy atom. The van der Waals surface area contributed by atoms with Crippen molar-refractivity contribution in [2.75, 3.05) is 13.7 Å². The van der Waals surface area contributed by atoms with Gasteiger partial charge in [0.1, 0.15) is 0 Å². The lowest BCUT2D eigenvalue weighted by Gasteiger charge is -2.13. The van der Waals surface area contributed by atoms with Crippen LogP contribution in [0.25, 0.3) is 0 Å². The first-order valence-electron chi connectivity index (χ1n) is 7.26. The van der Waals surface area contributed by atoms with Crippen molar-refractivity contribution in [1.82, 2.24) is 10.3 Å². The zero-order valence-corrected chi connectivity index (χ0v) is 14.7. The second kappa shape index (κ2) is 8.15. The van der Waals surface area contributed by atoms with E-state index in [-0.39, 0.29) is 0 Å². The molecule has 0 aliphatic rings. The molecule has 0 amide bonds. The van der Waals surface area contributed by atoms with Crippen LogP contribution in [0.1, 0.15) is 23.9 Å². The molecule has 4 nitrogen and oxygen atoms in total. The smallest absolute Gasteiger partial charge is 0.175 e. The second-order valence-corrected chi connectivity index (χ2v) is 5.77. The van der Waals surface area contributed by atoms with E-state index in [0.29, 0.717) is 6.61 Å². The van der Waals surface area contributed by atoms with Crippen LogP contribution in [0, 0.1) is 6.92 Å². The summed E-state index contributed by atoms with van der Waals surface area (Å²) >= 11 is 3.54. The zero-order chi connectivity index (χ0) is 15.9. The van der Waals surface area contributed by atoms with Crippen molar-refractivity contribution in [3.8, 4) is 11.5 Å². The molecule has 0 spiro atoms. The third-order valence-electron chi connectivity index (χ3n) is 3.16. The van der Waals surface area contributed by atoms with Crippen molar-refractivity contribution in [2.24, 2.45) is 0 Å². The summed E-state index contributed by atoms with van der Waals surface area (Å²) in [4.78, 5) is 4.48. The summed E-state index contributed by atoms with van der Waals surface area (Å²) in [5, 5.41) is 3.40.